The first-order valence-electron chi connectivity index (χ1n) is 9.27. The molecule has 1 saturated heterocycles. The fourth-order valence-electron chi connectivity index (χ4n) is 3.12. The van der Waals surface area contributed by atoms with Gasteiger partial charge in [0, 0.05) is 37.1 Å². The van der Waals surface area contributed by atoms with Gasteiger partial charge in [0.05, 0.1) is 7.11 Å². The molecule has 0 unspecified atom stereocenters. The molecule has 0 bridgehead atoms. The SMILES string of the molecule is COC(=O)N(C)c1ccc(NC(=O)c2ccc(F)c(S(=O)(=O)N3CCCC3)c2)cc1. The quantitative estimate of drug-likeness (QED) is 0.779. The molecular formula is C20H22FN3O5S. The second-order valence-electron chi connectivity index (χ2n) is 6.79. The zero-order chi connectivity index (χ0) is 21.9. The highest BCUT2D eigenvalue weighted by molar-refractivity contribution is 7.89. The molecule has 0 atom stereocenters. The number of carbonyl (C=O) groups excluding carboxylic acids is 2. The lowest BCUT2D eigenvalue weighted by molar-refractivity contribution is 0.102. The summed E-state index contributed by atoms with van der Waals surface area (Å²) in [4.78, 5) is 24.9. The molecule has 0 aromatic heterocycles. The second-order valence-corrected chi connectivity index (χ2v) is 8.69. The van der Waals surface area contributed by atoms with Gasteiger partial charge in [-0.25, -0.2) is 17.6 Å². The van der Waals surface area contributed by atoms with Crippen LogP contribution in [0.1, 0.15) is 23.2 Å². The van der Waals surface area contributed by atoms with Crippen LogP contribution in [0.2, 0.25) is 0 Å². The third-order valence-electron chi connectivity index (χ3n) is 4.84. The van der Waals surface area contributed by atoms with Crippen molar-refractivity contribution in [1.82, 2.24) is 4.31 Å². The molecule has 1 N–H and O–H groups in total. The van der Waals surface area contributed by atoms with Crippen molar-refractivity contribution in [3.8, 4) is 0 Å². The molecule has 8 nitrogen and oxygen atoms in total. The van der Waals surface area contributed by atoms with Gasteiger partial charge in [0.25, 0.3) is 5.91 Å². The van der Waals surface area contributed by atoms with Gasteiger partial charge in [-0.05, 0) is 55.3 Å². The predicted octanol–water partition coefficient (Wildman–Crippen LogP) is 3.07. The molecule has 3 rings (SSSR count). The average molecular weight is 435 g/mol. The molecule has 1 fully saturated rings. The van der Waals surface area contributed by atoms with E-state index in [4.69, 9.17) is 0 Å². The summed E-state index contributed by atoms with van der Waals surface area (Å²) < 4.78 is 45.5. The van der Waals surface area contributed by atoms with Crippen LogP contribution in [0.3, 0.4) is 0 Å². The van der Waals surface area contributed by atoms with E-state index < -0.39 is 32.7 Å². The van der Waals surface area contributed by atoms with E-state index in [1.807, 2.05) is 0 Å². The lowest BCUT2D eigenvalue weighted by Gasteiger charge is -2.17. The summed E-state index contributed by atoms with van der Waals surface area (Å²) in [5, 5.41) is 2.63. The highest BCUT2D eigenvalue weighted by Crippen LogP contribution is 2.25. The summed E-state index contributed by atoms with van der Waals surface area (Å²) in [5.74, 6) is -1.48. The Morgan fingerprint density at radius 3 is 2.33 bits per heavy atom. The maximum atomic E-state index is 14.2. The van der Waals surface area contributed by atoms with Gasteiger partial charge in [0.15, 0.2) is 0 Å². The summed E-state index contributed by atoms with van der Waals surface area (Å²) in [6.45, 7) is 0.676. The summed E-state index contributed by atoms with van der Waals surface area (Å²) in [6, 6.07) is 9.65. The van der Waals surface area contributed by atoms with Gasteiger partial charge < -0.3 is 10.1 Å². The number of hydrogen-bond acceptors (Lipinski definition) is 5. The number of amides is 2. The minimum atomic E-state index is -4.00. The molecule has 0 radical (unpaired) electrons. The number of halogens is 1. The first-order valence-corrected chi connectivity index (χ1v) is 10.7. The first kappa shape index (κ1) is 21.7. The lowest BCUT2D eigenvalue weighted by atomic mass is 10.2. The van der Waals surface area contributed by atoms with Gasteiger partial charge >= 0.3 is 6.09 Å². The minimum absolute atomic E-state index is 0.0185. The smallest absolute Gasteiger partial charge is 0.413 e. The Morgan fingerprint density at radius 1 is 1.10 bits per heavy atom. The van der Waals surface area contributed by atoms with Crippen molar-refractivity contribution in [2.24, 2.45) is 0 Å². The maximum Gasteiger partial charge on any atom is 0.413 e. The summed E-state index contributed by atoms with van der Waals surface area (Å²) in [7, 11) is -1.18. The van der Waals surface area contributed by atoms with Crippen molar-refractivity contribution in [2.75, 3.05) is 37.5 Å². The fourth-order valence-corrected chi connectivity index (χ4v) is 4.73. The van der Waals surface area contributed by atoms with Crippen LogP contribution >= 0.6 is 0 Å². The highest BCUT2D eigenvalue weighted by atomic mass is 32.2. The van der Waals surface area contributed by atoms with Gasteiger partial charge in [-0.3, -0.25) is 9.69 Å². The third-order valence-corrected chi connectivity index (χ3v) is 6.75. The normalized spacial score (nSPS) is 14.4. The number of benzene rings is 2. The molecule has 2 amide bonds. The molecule has 160 valence electrons. The van der Waals surface area contributed by atoms with Gasteiger partial charge in [-0.1, -0.05) is 0 Å². The van der Waals surface area contributed by atoms with E-state index in [0.717, 1.165) is 25.0 Å². The number of nitrogens with zero attached hydrogens (tertiary/aromatic N) is 2. The van der Waals surface area contributed by atoms with Crippen molar-refractivity contribution in [2.45, 2.75) is 17.7 Å². The predicted molar refractivity (Wildman–Crippen MR) is 110 cm³/mol. The molecule has 1 heterocycles. The van der Waals surface area contributed by atoms with Crippen molar-refractivity contribution >= 4 is 33.4 Å². The molecule has 2 aromatic rings. The van der Waals surface area contributed by atoms with E-state index >= 15 is 0 Å². The van der Waals surface area contributed by atoms with Crippen LogP contribution in [-0.4, -0.2) is 52.0 Å². The summed E-state index contributed by atoms with van der Waals surface area (Å²) in [6.07, 6.45) is 0.912. The molecule has 0 spiro atoms. The van der Waals surface area contributed by atoms with Gasteiger partial charge in [-0.15, -0.1) is 0 Å². The molecule has 10 heteroatoms. The van der Waals surface area contributed by atoms with Crippen LogP contribution in [0.15, 0.2) is 47.4 Å². The standard InChI is InChI=1S/C20H22FN3O5S/c1-23(20(26)29-2)16-8-6-15(7-9-16)22-19(25)14-5-10-17(21)18(13-14)30(27,28)24-11-3-4-12-24/h5-10,13H,3-4,11-12H2,1-2H3,(H,22,25). The number of nitrogens with one attached hydrogen (secondary N) is 1. The maximum absolute atomic E-state index is 14.2. The number of rotatable bonds is 5. The van der Waals surface area contributed by atoms with Crippen molar-refractivity contribution in [1.29, 1.82) is 0 Å². The van der Waals surface area contributed by atoms with Crippen molar-refractivity contribution in [3.63, 3.8) is 0 Å². The first-order chi connectivity index (χ1) is 14.2. The molecular weight excluding hydrogens is 413 g/mol. The number of sulfonamides is 1. The van der Waals surface area contributed by atoms with Crippen LogP contribution in [-0.2, 0) is 14.8 Å². The van der Waals surface area contributed by atoms with E-state index in [1.54, 1.807) is 31.3 Å². The van der Waals surface area contributed by atoms with Gasteiger partial charge in [-0.2, -0.15) is 4.31 Å². The van der Waals surface area contributed by atoms with Crippen LogP contribution in [0, 0.1) is 5.82 Å². The van der Waals surface area contributed by atoms with Crippen LogP contribution < -0.4 is 10.2 Å². The Morgan fingerprint density at radius 2 is 1.73 bits per heavy atom. The van der Waals surface area contributed by atoms with Crippen LogP contribution in [0.4, 0.5) is 20.6 Å². The molecule has 1 aliphatic heterocycles. The monoisotopic (exact) mass is 435 g/mol. The lowest BCUT2D eigenvalue weighted by Crippen LogP contribution is -2.29. The summed E-state index contributed by atoms with van der Waals surface area (Å²) >= 11 is 0. The van der Waals surface area contributed by atoms with E-state index in [1.165, 1.54) is 22.4 Å². The Bertz CT molecular complexity index is 1050. The number of carbonyl (C=O) groups is 2. The van der Waals surface area contributed by atoms with E-state index in [9.17, 15) is 22.4 Å². The van der Waals surface area contributed by atoms with E-state index in [-0.39, 0.29) is 5.56 Å². The number of methoxy groups -OCH3 is 1. The van der Waals surface area contributed by atoms with E-state index in [2.05, 4.69) is 10.1 Å². The fraction of sp³-hybridized carbons (Fsp3) is 0.300. The number of anilines is 2. The van der Waals surface area contributed by atoms with E-state index in [0.29, 0.717) is 24.5 Å². The molecule has 30 heavy (non-hydrogen) atoms. The number of ether oxygens (including phenoxy) is 1. The zero-order valence-electron chi connectivity index (χ0n) is 16.6. The van der Waals surface area contributed by atoms with Crippen LogP contribution in [0.5, 0.6) is 0 Å². The Balaban J connectivity index is 1.78. The third kappa shape index (κ3) is 4.44. The van der Waals surface area contributed by atoms with Crippen LogP contribution in [0.25, 0.3) is 0 Å². The van der Waals surface area contributed by atoms with Gasteiger partial charge in [0.2, 0.25) is 10.0 Å². The van der Waals surface area contributed by atoms with Crippen molar-refractivity contribution < 1.29 is 27.1 Å². The van der Waals surface area contributed by atoms with Crippen molar-refractivity contribution in [3.05, 3.63) is 53.8 Å². The Kier molecular flexibility index (Phi) is 6.37. The molecule has 1 aliphatic rings. The highest BCUT2D eigenvalue weighted by Gasteiger charge is 2.30. The molecule has 2 aromatic carbocycles. The zero-order valence-corrected chi connectivity index (χ0v) is 17.4. The summed E-state index contributed by atoms with van der Waals surface area (Å²) in [5.41, 5.74) is 1.00. The Hall–Kier alpha value is -2.98. The van der Waals surface area contributed by atoms with Gasteiger partial charge in [0.1, 0.15) is 10.7 Å². The molecule has 0 aliphatic carbocycles. The second kappa shape index (κ2) is 8.80. The number of hydrogen-bond donors (Lipinski definition) is 1. The topological polar surface area (TPSA) is 96.0 Å². The largest absolute Gasteiger partial charge is 0.452 e. The minimum Gasteiger partial charge on any atom is -0.452 e. The Labute approximate surface area is 174 Å². The average Bonchev–Trinajstić information content (AvgIpc) is 3.29. The molecule has 0 saturated carbocycles.